The van der Waals surface area contributed by atoms with Crippen molar-refractivity contribution >= 4 is 27.6 Å². The molecule has 0 saturated carbocycles. The van der Waals surface area contributed by atoms with E-state index in [4.69, 9.17) is 4.74 Å². The van der Waals surface area contributed by atoms with Gasteiger partial charge in [0.05, 0.1) is 0 Å². The molecule has 2 amide bonds. The van der Waals surface area contributed by atoms with Crippen LogP contribution in [0.5, 0.6) is 0 Å². The number of benzene rings is 1. The Bertz CT molecular complexity index is 327. The third-order valence-corrected chi connectivity index (χ3v) is 2.44. The fraction of sp³-hybridized carbons (Fsp3) is 0.364. The summed E-state index contributed by atoms with van der Waals surface area (Å²) in [5.74, 6) is 0. The lowest BCUT2D eigenvalue weighted by Crippen LogP contribution is -2.29. The molecule has 4 nitrogen and oxygen atoms in total. The van der Waals surface area contributed by atoms with Crippen molar-refractivity contribution in [2.24, 2.45) is 0 Å². The molecule has 1 aromatic rings. The van der Waals surface area contributed by atoms with E-state index >= 15 is 0 Å². The van der Waals surface area contributed by atoms with Gasteiger partial charge in [0.25, 0.3) is 0 Å². The normalized spacial score (nSPS) is 9.88. The zero-order valence-electron chi connectivity index (χ0n) is 9.13. The fourth-order valence-corrected chi connectivity index (χ4v) is 1.39. The summed E-state index contributed by atoms with van der Waals surface area (Å²) >= 11 is 3.33. The largest absolute Gasteiger partial charge is 0.385 e. The van der Waals surface area contributed by atoms with Crippen LogP contribution in [0.25, 0.3) is 0 Å². The van der Waals surface area contributed by atoms with E-state index in [9.17, 15) is 4.79 Å². The van der Waals surface area contributed by atoms with E-state index in [-0.39, 0.29) is 6.03 Å². The van der Waals surface area contributed by atoms with E-state index < -0.39 is 0 Å². The average Bonchev–Trinajstić information content (AvgIpc) is 2.28. The molecule has 5 heteroatoms. The number of methoxy groups -OCH3 is 1. The number of amides is 2. The molecule has 0 bridgehead atoms. The van der Waals surface area contributed by atoms with Gasteiger partial charge in [0.15, 0.2) is 0 Å². The van der Waals surface area contributed by atoms with Gasteiger partial charge in [0.2, 0.25) is 0 Å². The van der Waals surface area contributed by atoms with Crippen molar-refractivity contribution in [3.63, 3.8) is 0 Å². The van der Waals surface area contributed by atoms with Crippen LogP contribution in [0.4, 0.5) is 10.5 Å². The van der Waals surface area contributed by atoms with Gasteiger partial charge in [-0.2, -0.15) is 0 Å². The lowest BCUT2D eigenvalue weighted by molar-refractivity contribution is 0.194. The van der Waals surface area contributed by atoms with Crippen molar-refractivity contribution in [2.45, 2.75) is 6.42 Å². The molecule has 2 N–H and O–H groups in total. The molecular weight excluding hydrogens is 272 g/mol. The summed E-state index contributed by atoms with van der Waals surface area (Å²) < 4.78 is 5.86. The number of carbonyl (C=O) groups excluding carboxylic acids is 1. The summed E-state index contributed by atoms with van der Waals surface area (Å²) in [4.78, 5) is 11.4. The molecule has 0 aliphatic carbocycles. The van der Waals surface area contributed by atoms with Gasteiger partial charge in [0.1, 0.15) is 0 Å². The molecule has 0 aliphatic rings. The topological polar surface area (TPSA) is 50.4 Å². The van der Waals surface area contributed by atoms with Gasteiger partial charge in [-0.3, -0.25) is 0 Å². The summed E-state index contributed by atoms with van der Waals surface area (Å²) in [7, 11) is 1.64. The molecule has 1 aromatic carbocycles. The van der Waals surface area contributed by atoms with Crippen LogP contribution >= 0.6 is 15.9 Å². The molecule has 0 atom stereocenters. The van der Waals surface area contributed by atoms with Gasteiger partial charge in [0, 0.05) is 30.4 Å². The van der Waals surface area contributed by atoms with Crippen LogP contribution in [-0.2, 0) is 4.74 Å². The zero-order valence-corrected chi connectivity index (χ0v) is 10.7. The summed E-state index contributed by atoms with van der Waals surface area (Å²) in [5.41, 5.74) is 0.771. The van der Waals surface area contributed by atoms with Crippen molar-refractivity contribution < 1.29 is 9.53 Å². The number of rotatable bonds is 5. The first-order valence-corrected chi connectivity index (χ1v) is 5.81. The van der Waals surface area contributed by atoms with Crippen molar-refractivity contribution in [1.82, 2.24) is 5.32 Å². The molecular formula is C11H15BrN2O2. The number of nitrogens with one attached hydrogen (secondary N) is 2. The second kappa shape index (κ2) is 7.24. The Labute approximate surface area is 103 Å². The second-order valence-corrected chi connectivity index (χ2v) is 4.15. The molecule has 0 radical (unpaired) electrons. The van der Waals surface area contributed by atoms with Crippen LogP contribution in [0, 0.1) is 0 Å². The predicted octanol–water partition coefficient (Wildman–Crippen LogP) is 2.61. The van der Waals surface area contributed by atoms with E-state index in [1.54, 1.807) is 7.11 Å². The summed E-state index contributed by atoms with van der Waals surface area (Å²) in [6, 6.07) is 7.22. The summed E-state index contributed by atoms with van der Waals surface area (Å²) in [6.07, 6.45) is 0.810. The highest BCUT2D eigenvalue weighted by Gasteiger charge is 1.99. The first kappa shape index (κ1) is 13.0. The molecule has 0 unspecified atom stereocenters. The molecule has 1 rings (SSSR count). The van der Waals surface area contributed by atoms with Crippen molar-refractivity contribution in [2.75, 3.05) is 25.6 Å². The minimum absolute atomic E-state index is 0.196. The quantitative estimate of drug-likeness (QED) is 0.818. The van der Waals surface area contributed by atoms with E-state index in [2.05, 4.69) is 26.6 Å². The molecule has 0 spiro atoms. The van der Waals surface area contributed by atoms with E-state index in [1.807, 2.05) is 24.3 Å². The van der Waals surface area contributed by atoms with Crippen LogP contribution in [0.1, 0.15) is 6.42 Å². The lowest BCUT2D eigenvalue weighted by Gasteiger charge is -2.07. The SMILES string of the molecule is COCCCNC(=O)Nc1ccc(Br)cc1. The molecule has 88 valence electrons. The highest BCUT2D eigenvalue weighted by molar-refractivity contribution is 9.10. The Morgan fingerprint density at radius 3 is 2.69 bits per heavy atom. The number of ether oxygens (including phenoxy) is 1. The molecule has 0 fully saturated rings. The number of carbonyl (C=O) groups is 1. The van der Waals surface area contributed by atoms with Crippen LogP contribution < -0.4 is 10.6 Å². The third-order valence-electron chi connectivity index (χ3n) is 1.91. The highest BCUT2D eigenvalue weighted by Crippen LogP contribution is 2.13. The standard InChI is InChI=1S/C11H15BrN2O2/c1-16-8-2-7-13-11(15)14-10-5-3-9(12)4-6-10/h3-6H,2,7-8H2,1H3,(H2,13,14,15). The van der Waals surface area contributed by atoms with E-state index in [0.717, 1.165) is 16.6 Å². The molecule has 0 heterocycles. The molecule has 0 aromatic heterocycles. The number of hydrogen-bond donors (Lipinski definition) is 2. The average molecular weight is 287 g/mol. The van der Waals surface area contributed by atoms with Crippen LogP contribution in [0.3, 0.4) is 0 Å². The first-order chi connectivity index (χ1) is 7.72. The van der Waals surface area contributed by atoms with Gasteiger partial charge in [-0.05, 0) is 30.7 Å². The van der Waals surface area contributed by atoms with Gasteiger partial charge in [-0.1, -0.05) is 15.9 Å². The Balaban J connectivity index is 2.26. The number of hydrogen-bond acceptors (Lipinski definition) is 2. The van der Waals surface area contributed by atoms with E-state index in [0.29, 0.717) is 13.2 Å². The minimum atomic E-state index is -0.196. The number of halogens is 1. The lowest BCUT2D eigenvalue weighted by atomic mass is 10.3. The fourth-order valence-electron chi connectivity index (χ4n) is 1.13. The van der Waals surface area contributed by atoms with E-state index in [1.165, 1.54) is 0 Å². The predicted molar refractivity (Wildman–Crippen MR) is 67.7 cm³/mol. The maximum atomic E-state index is 11.4. The highest BCUT2D eigenvalue weighted by atomic mass is 79.9. The first-order valence-electron chi connectivity index (χ1n) is 5.01. The Hall–Kier alpha value is -1.07. The Morgan fingerprint density at radius 1 is 1.38 bits per heavy atom. The van der Waals surface area contributed by atoms with Crippen LogP contribution in [0.2, 0.25) is 0 Å². The summed E-state index contributed by atoms with van der Waals surface area (Å²) in [6.45, 7) is 1.26. The third kappa shape index (κ3) is 5.14. The van der Waals surface area contributed by atoms with Crippen molar-refractivity contribution in [1.29, 1.82) is 0 Å². The zero-order chi connectivity index (χ0) is 11.8. The van der Waals surface area contributed by atoms with Gasteiger partial charge in [-0.25, -0.2) is 4.79 Å². The maximum Gasteiger partial charge on any atom is 0.319 e. The number of urea groups is 1. The van der Waals surface area contributed by atoms with Crippen molar-refractivity contribution in [3.8, 4) is 0 Å². The van der Waals surface area contributed by atoms with Gasteiger partial charge < -0.3 is 15.4 Å². The Kier molecular flexibility index (Phi) is 5.88. The van der Waals surface area contributed by atoms with Crippen molar-refractivity contribution in [3.05, 3.63) is 28.7 Å². The van der Waals surface area contributed by atoms with Crippen LogP contribution in [0.15, 0.2) is 28.7 Å². The summed E-state index contributed by atoms with van der Waals surface area (Å²) in [5, 5.41) is 5.47. The van der Waals surface area contributed by atoms with Crippen LogP contribution in [-0.4, -0.2) is 26.3 Å². The second-order valence-electron chi connectivity index (χ2n) is 3.23. The number of anilines is 1. The maximum absolute atomic E-state index is 11.4. The monoisotopic (exact) mass is 286 g/mol. The smallest absolute Gasteiger partial charge is 0.319 e. The minimum Gasteiger partial charge on any atom is -0.385 e. The molecule has 0 aliphatic heterocycles. The van der Waals surface area contributed by atoms with Gasteiger partial charge in [-0.15, -0.1) is 0 Å². The molecule has 16 heavy (non-hydrogen) atoms. The Morgan fingerprint density at radius 2 is 2.06 bits per heavy atom. The van der Waals surface area contributed by atoms with Gasteiger partial charge >= 0.3 is 6.03 Å². The molecule has 0 saturated heterocycles.